The minimum atomic E-state index is -1.41. The summed E-state index contributed by atoms with van der Waals surface area (Å²) in [5.74, 6) is 0. The molecule has 1 rings (SSSR count). The van der Waals surface area contributed by atoms with Crippen molar-refractivity contribution in [3.63, 3.8) is 0 Å². The summed E-state index contributed by atoms with van der Waals surface area (Å²) in [7, 11) is 0. The number of hydrogen-bond donors (Lipinski definition) is 4. The molecule has 72 valence electrons. The monoisotopic (exact) mass is 287 g/mol. The second-order valence-electron chi connectivity index (χ2n) is 2.67. The summed E-state index contributed by atoms with van der Waals surface area (Å²) in [5, 5.41) is 36.2. The number of halogens is 1. The summed E-state index contributed by atoms with van der Waals surface area (Å²) in [6.45, 7) is -0.283. The maximum Gasteiger partial charge on any atom is 0.183 e. The molecule has 1 aliphatic heterocycles. The zero-order valence-electron chi connectivity index (χ0n) is 6.17. The quantitative estimate of drug-likeness (QED) is 0.338. The number of alkyl halides is 1. The molecular formula is C6H11IO5. The average Bonchev–Trinajstić information content (AvgIpc) is 2.08. The van der Waals surface area contributed by atoms with Crippen LogP contribution in [0, 0.1) is 0 Å². The fourth-order valence-corrected chi connectivity index (χ4v) is 1.88. The molecule has 1 heterocycles. The second kappa shape index (κ2) is 4.16. The van der Waals surface area contributed by atoms with Crippen molar-refractivity contribution in [3.8, 4) is 0 Å². The Hall–Kier alpha value is 0.530. The summed E-state index contributed by atoms with van der Waals surface area (Å²) in [4.78, 5) is 0. The van der Waals surface area contributed by atoms with Gasteiger partial charge < -0.3 is 25.2 Å². The van der Waals surface area contributed by atoms with Gasteiger partial charge in [-0.05, 0) is 0 Å². The minimum absolute atomic E-state index is 0.283. The van der Waals surface area contributed by atoms with Gasteiger partial charge in [-0.1, -0.05) is 22.6 Å². The van der Waals surface area contributed by atoms with Crippen LogP contribution in [0.5, 0.6) is 0 Å². The Morgan fingerprint density at radius 1 is 1.17 bits per heavy atom. The molecule has 0 aromatic carbocycles. The number of hydrogen-bond acceptors (Lipinski definition) is 5. The smallest absolute Gasteiger partial charge is 0.183 e. The van der Waals surface area contributed by atoms with Gasteiger partial charge in [0.15, 0.2) is 6.29 Å². The maximum atomic E-state index is 9.31. The number of aliphatic hydroxyl groups excluding tert-OH is 4. The average molecular weight is 287 g/mol. The molecule has 0 radical (unpaired) electrons. The summed E-state index contributed by atoms with van der Waals surface area (Å²) in [6, 6.07) is 0. The van der Waals surface area contributed by atoms with Crippen LogP contribution in [-0.2, 0) is 4.74 Å². The van der Waals surface area contributed by atoms with E-state index in [1.165, 1.54) is 0 Å². The highest BCUT2D eigenvalue weighted by atomic mass is 124. The fraction of sp³-hybridized carbons (Fsp3) is 1.00. The molecule has 5 nitrogen and oxygen atoms in total. The van der Waals surface area contributed by atoms with Crippen LogP contribution in [0.25, 0.3) is 0 Å². The zero-order valence-corrected chi connectivity index (χ0v) is 8.33. The van der Waals surface area contributed by atoms with Gasteiger partial charge in [0, 0.05) is 0 Å². The van der Waals surface area contributed by atoms with Gasteiger partial charge in [0.2, 0.25) is 0 Å². The summed E-state index contributed by atoms with van der Waals surface area (Å²) >= 11 is 1.86. The SMILES string of the molecule is OC[C@H]1OC(O)[C@H](O)[C@@H](O)[C@@H]1[124I]. The first kappa shape index (κ1) is 10.6. The third-order valence-electron chi connectivity index (χ3n) is 1.82. The third kappa shape index (κ3) is 1.88. The van der Waals surface area contributed by atoms with E-state index in [1.54, 1.807) is 0 Å². The molecule has 0 amide bonds. The molecule has 4 N–H and O–H groups in total. The van der Waals surface area contributed by atoms with E-state index in [9.17, 15) is 5.11 Å². The molecule has 12 heavy (non-hydrogen) atoms. The standard InChI is InChI=1S/C6H11IO5/c7-3-2(1-8)12-6(11)5(10)4(3)9/h2-6,8-11H,1H2/t2-,3-,4+,5-,6?/m1/s1/i7-3. The summed E-state index contributed by atoms with van der Waals surface area (Å²) in [5.41, 5.74) is 0. The molecule has 5 atom stereocenters. The van der Waals surface area contributed by atoms with E-state index in [1.807, 2.05) is 22.6 Å². The van der Waals surface area contributed by atoms with Crippen molar-refractivity contribution in [1.82, 2.24) is 0 Å². The summed E-state index contributed by atoms with van der Waals surface area (Å²) < 4.78 is 4.41. The molecule has 0 aromatic rings. The van der Waals surface area contributed by atoms with Crippen LogP contribution in [0.4, 0.5) is 0 Å². The van der Waals surface area contributed by atoms with Crippen LogP contribution in [0.1, 0.15) is 0 Å². The topological polar surface area (TPSA) is 90.2 Å². The molecule has 1 unspecified atom stereocenters. The predicted octanol–water partition coefficient (Wildman–Crippen LogP) is -1.78. The molecule has 1 saturated heterocycles. The molecule has 0 saturated carbocycles. The van der Waals surface area contributed by atoms with Crippen molar-refractivity contribution in [3.05, 3.63) is 0 Å². The first-order valence-corrected chi connectivity index (χ1v) is 4.77. The molecule has 0 aromatic heterocycles. The van der Waals surface area contributed by atoms with E-state index >= 15 is 0 Å². The Morgan fingerprint density at radius 2 is 1.75 bits per heavy atom. The number of aliphatic hydroxyl groups is 4. The van der Waals surface area contributed by atoms with Crippen LogP contribution < -0.4 is 0 Å². The van der Waals surface area contributed by atoms with Crippen LogP contribution in [0.15, 0.2) is 0 Å². The van der Waals surface area contributed by atoms with Crippen molar-refractivity contribution in [1.29, 1.82) is 0 Å². The van der Waals surface area contributed by atoms with Crippen molar-refractivity contribution in [2.45, 2.75) is 28.5 Å². The Labute approximate surface area is 83.1 Å². The molecule has 1 aliphatic rings. The first-order chi connectivity index (χ1) is 5.57. The molecular weight excluding hydrogens is 276 g/mol. The summed E-state index contributed by atoms with van der Waals surface area (Å²) in [6.07, 6.45) is -4.40. The lowest BCUT2D eigenvalue weighted by atomic mass is 10.0. The Morgan fingerprint density at radius 3 is 2.25 bits per heavy atom. The predicted molar refractivity (Wildman–Crippen MR) is 47.8 cm³/mol. The van der Waals surface area contributed by atoms with Crippen LogP contribution in [0.2, 0.25) is 0 Å². The molecule has 1 fully saturated rings. The van der Waals surface area contributed by atoms with Crippen molar-refractivity contribution < 1.29 is 25.2 Å². The Balaban J connectivity index is 2.63. The Kier molecular flexibility index (Phi) is 3.68. The molecule has 0 bridgehead atoms. The Bertz CT molecular complexity index is 150. The van der Waals surface area contributed by atoms with Crippen LogP contribution >= 0.6 is 22.6 Å². The molecule has 0 aliphatic carbocycles. The van der Waals surface area contributed by atoms with Gasteiger partial charge in [0.25, 0.3) is 0 Å². The van der Waals surface area contributed by atoms with E-state index in [0.29, 0.717) is 0 Å². The van der Waals surface area contributed by atoms with Gasteiger partial charge in [-0.15, -0.1) is 0 Å². The van der Waals surface area contributed by atoms with Gasteiger partial charge in [0.1, 0.15) is 6.10 Å². The van der Waals surface area contributed by atoms with Gasteiger partial charge in [-0.2, -0.15) is 0 Å². The third-order valence-corrected chi connectivity index (χ3v) is 3.36. The highest BCUT2D eigenvalue weighted by Gasteiger charge is 2.41. The van der Waals surface area contributed by atoms with Gasteiger partial charge in [0.05, 0.1) is 22.7 Å². The lowest BCUT2D eigenvalue weighted by Gasteiger charge is -2.37. The first-order valence-electron chi connectivity index (χ1n) is 3.52. The lowest BCUT2D eigenvalue weighted by Crippen LogP contribution is -2.56. The van der Waals surface area contributed by atoms with Crippen molar-refractivity contribution in [2.75, 3.05) is 6.61 Å². The lowest BCUT2D eigenvalue weighted by molar-refractivity contribution is -0.246. The zero-order chi connectivity index (χ0) is 9.30. The van der Waals surface area contributed by atoms with Crippen LogP contribution in [-0.4, -0.2) is 55.6 Å². The second-order valence-corrected chi connectivity index (χ2v) is 4.11. The normalized spacial score (nSPS) is 49.2. The highest BCUT2D eigenvalue weighted by molar-refractivity contribution is 14.1. The van der Waals surface area contributed by atoms with E-state index in [4.69, 9.17) is 20.1 Å². The number of ether oxygens (including phenoxy) is 1. The van der Waals surface area contributed by atoms with Gasteiger partial charge in [-0.25, -0.2) is 0 Å². The van der Waals surface area contributed by atoms with E-state index in [0.717, 1.165) is 0 Å². The van der Waals surface area contributed by atoms with E-state index < -0.39 is 28.5 Å². The van der Waals surface area contributed by atoms with Crippen LogP contribution in [0.3, 0.4) is 0 Å². The minimum Gasteiger partial charge on any atom is -0.394 e. The van der Waals surface area contributed by atoms with Crippen molar-refractivity contribution in [2.24, 2.45) is 0 Å². The number of rotatable bonds is 1. The largest absolute Gasteiger partial charge is 0.394 e. The highest BCUT2D eigenvalue weighted by Crippen LogP contribution is 2.25. The van der Waals surface area contributed by atoms with E-state index in [2.05, 4.69) is 0 Å². The molecule has 0 spiro atoms. The molecule has 6 heteroatoms. The van der Waals surface area contributed by atoms with Gasteiger partial charge in [-0.3, -0.25) is 0 Å². The van der Waals surface area contributed by atoms with E-state index in [-0.39, 0.29) is 6.61 Å². The maximum absolute atomic E-state index is 9.31. The van der Waals surface area contributed by atoms with Gasteiger partial charge >= 0.3 is 0 Å². The van der Waals surface area contributed by atoms with Crippen molar-refractivity contribution >= 4 is 22.6 Å². The fourth-order valence-electron chi connectivity index (χ4n) is 1.06.